The zero-order valence-electron chi connectivity index (χ0n) is 13.4. The van der Waals surface area contributed by atoms with E-state index in [0.29, 0.717) is 27.7 Å². The van der Waals surface area contributed by atoms with Crippen LogP contribution in [0.3, 0.4) is 0 Å². The van der Waals surface area contributed by atoms with Gasteiger partial charge in [0, 0.05) is 17.0 Å². The average Bonchev–Trinajstić information content (AvgIpc) is 3.06. The second-order valence-corrected chi connectivity index (χ2v) is 5.71. The minimum absolute atomic E-state index is 0.268. The molecule has 0 atom stereocenters. The first kappa shape index (κ1) is 15.8. The summed E-state index contributed by atoms with van der Waals surface area (Å²) in [5, 5.41) is 8.26. The van der Waals surface area contributed by atoms with Crippen molar-refractivity contribution in [2.45, 2.75) is 0 Å². The van der Waals surface area contributed by atoms with E-state index in [4.69, 9.17) is 0 Å². The Balaban J connectivity index is 1.82. The van der Waals surface area contributed by atoms with E-state index in [1.807, 2.05) is 12.1 Å². The standard InChI is InChI=1S/C19H13FN4O2/c20-12-7-5-11(6-8-12)16-9-14(13-3-1-2-4-15(13)21-16)19(26)22-17-10-18(25)24-23-17/h1-10H,(H3,22,23,24,25,26). The number of carbonyl (C=O) groups excluding carboxylic acids is 1. The number of anilines is 1. The van der Waals surface area contributed by atoms with Gasteiger partial charge in [0.25, 0.3) is 11.5 Å². The number of hydrogen-bond acceptors (Lipinski definition) is 3. The molecule has 0 aliphatic rings. The van der Waals surface area contributed by atoms with Gasteiger partial charge in [0.15, 0.2) is 0 Å². The summed E-state index contributed by atoms with van der Waals surface area (Å²) in [7, 11) is 0. The van der Waals surface area contributed by atoms with Crippen LogP contribution in [0.1, 0.15) is 10.4 Å². The number of rotatable bonds is 3. The normalized spacial score (nSPS) is 10.8. The topological polar surface area (TPSA) is 90.6 Å². The molecule has 7 heteroatoms. The van der Waals surface area contributed by atoms with Gasteiger partial charge in [-0.2, -0.15) is 0 Å². The van der Waals surface area contributed by atoms with Gasteiger partial charge in [0.1, 0.15) is 11.6 Å². The highest BCUT2D eigenvalue weighted by atomic mass is 19.1. The summed E-state index contributed by atoms with van der Waals surface area (Å²) < 4.78 is 13.2. The lowest BCUT2D eigenvalue weighted by Crippen LogP contribution is -2.13. The number of benzene rings is 2. The van der Waals surface area contributed by atoms with Crippen LogP contribution >= 0.6 is 0 Å². The number of nitrogens with zero attached hydrogens (tertiary/aromatic N) is 1. The molecule has 3 N–H and O–H groups in total. The van der Waals surface area contributed by atoms with Gasteiger partial charge in [-0.05, 0) is 36.4 Å². The molecule has 0 aliphatic carbocycles. The number of para-hydroxylation sites is 1. The van der Waals surface area contributed by atoms with Gasteiger partial charge in [-0.15, -0.1) is 0 Å². The molecule has 0 aliphatic heterocycles. The third-order valence-electron chi connectivity index (χ3n) is 3.94. The summed E-state index contributed by atoms with van der Waals surface area (Å²) in [6, 6.07) is 16.1. The molecular weight excluding hydrogens is 335 g/mol. The highest BCUT2D eigenvalue weighted by Gasteiger charge is 2.15. The van der Waals surface area contributed by atoms with E-state index in [1.165, 1.54) is 18.2 Å². The molecule has 1 amide bonds. The highest BCUT2D eigenvalue weighted by molar-refractivity contribution is 6.12. The van der Waals surface area contributed by atoms with Crippen LogP contribution in [0.2, 0.25) is 0 Å². The van der Waals surface area contributed by atoms with Crippen LogP contribution in [0.4, 0.5) is 10.2 Å². The smallest absolute Gasteiger partial charge is 0.266 e. The van der Waals surface area contributed by atoms with E-state index in [0.717, 1.165) is 0 Å². The predicted octanol–water partition coefficient (Wildman–Crippen LogP) is 3.31. The van der Waals surface area contributed by atoms with Gasteiger partial charge in [0.2, 0.25) is 0 Å². The van der Waals surface area contributed by atoms with Crippen molar-refractivity contribution in [3.63, 3.8) is 0 Å². The van der Waals surface area contributed by atoms with Gasteiger partial charge in [-0.1, -0.05) is 18.2 Å². The van der Waals surface area contributed by atoms with Crippen LogP contribution in [-0.2, 0) is 0 Å². The molecule has 26 heavy (non-hydrogen) atoms. The SMILES string of the molecule is O=C(Nc1cc(=O)[nH][nH]1)c1cc(-c2ccc(F)cc2)nc2ccccc12. The number of hydrogen-bond donors (Lipinski definition) is 3. The van der Waals surface area contributed by atoms with Gasteiger partial charge in [-0.3, -0.25) is 19.8 Å². The number of amides is 1. The molecule has 2 heterocycles. The molecule has 4 aromatic rings. The molecule has 2 aromatic heterocycles. The van der Waals surface area contributed by atoms with Crippen molar-refractivity contribution in [3.8, 4) is 11.3 Å². The Labute approximate surface area is 146 Å². The van der Waals surface area contributed by atoms with Crippen molar-refractivity contribution in [1.82, 2.24) is 15.2 Å². The van der Waals surface area contributed by atoms with Crippen LogP contribution in [0.15, 0.2) is 65.5 Å². The predicted molar refractivity (Wildman–Crippen MR) is 96.5 cm³/mol. The Bertz CT molecular complexity index is 1160. The molecule has 0 fully saturated rings. The maximum absolute atomic E-state index is 13.2. The maximum Gasteiger partial charge on any atom is 0.266 e. The van der Waals surface area contributed by atoms with Gasteiger partial charge in [0.05, 0.1) is 16.8 Å². The fraction of sp³-hybridized carbons (Fsp3) is 0. The van der Waals surface area contributed by atoms with Crippen molar-refractivity contribution in [2.24, 2.45) is 0 Å². The number of carbonyl (C=O) groups is 1. The molecule has 128 valence electrons. The fourth-order valence-corrected chi connectivity index (χ4v) is 2.72. The third kappa shape index (κ3) is 2.98. The number of fused-ring (bicyclic) bond motifs is 1. The molecule has 0 spiro atoms. The molecule has 0 saturated heterocycles. The Hall–Kier alpha value is -3.74. The van der Waals surface area contributed by atoms with Gasteiger partial charge in [-0.25, -0.2) is 9.37 Å². The first-order valence-electron chi connectivity index (χ1n) is 7.85. The third-order valence-corrected chi connectivity index (χ3v) is 3.94. The lowest BCUT2D eigenvalue weighted by molar-refractivity contribution is 0.102. The van der Waals surface area contributed by atoms with Crippen molar-refractivity contribution < 1.29 is 9.18 Å². The highest BCUT2D eigenvalue weighted by Crippen LogP contribution is 2.25. The number of pyridine rings is 1. The van der Waals surface area contributed by atoms with E-state index >= 15 is 0 Å². The lowest BCUT2D eigenvalue weighted by Gasteiger charge is -2.10. The van der Waals surface area contributed by atoms with Crippen LogP contribution in [0.5, 0.6) is 0 Å². The largest absolute Gasteiger partial charge is 0.307 e. The number of aromatic amines is 2. The second-order valence-electron chi connectivity index (χ2n) is 5.71. The molecule has 0 bridgehead atoms. The molecule has 6 nitrogen and oxygen atoms in total. The van der Waals surface area contributed by atoms with Gasteiger partial charge < -0.3 is 5.32 Å². The summed E-state index contributed by atoms with van der Waals surface area (Å²) in [4.78, 5) is 28.5. The molecule has 0 saturated carbocycles. The first-order valence-corrected chi connectivity index (χ1v) is 7.85. The monoisotopic (exact) mass is 348 g/mol. The van der Waals surface area contributed by atoms with Crippen LogP contribution in [0, 0.1) is 5.82 Å². The molecule has 4 rings (SSSR count). The summed E-state index contributed by atoms with van der Waals surface area (Å²) >= 11 is 0. The van der Waals surface area contributed by atoms with E-state index < -0.39 is 0 Å². The minimum atomic E-state index is -0.387. The number of nitrogens with one attached hydrogen (secondary N) is 3. The van der Waals surface area contributed by atoms with E-state index in [9.17, 15) is 14.0 Å². The Morgan fingerprint density at radius 1 is 1.00 bits per heavy atom. The Morgan fingerprint density at radius 3 is 2.50 bits per heavy atom. The number of H-pyrrole nitrogens is 2. The summed E-state index contributed by atoms with van der Waals surface area (Å²) in [6.45, 7) is 0. The van der Waals surface area contributed by atoms with Crippen LogP contribution in [-0.4, -0.2) is 21.1 Å². The summed E-state index contributed by atoms with van der Waals surface area (Å²) in [5.74, 6) is -0.463. The molecule has 2 aromatic carbocycles. The second kappa shape index (κ2) is 6.29. The van der Waals surface area contributed by atoms with Crippen molar-refractivity contribution >= 4 is 22.6 Å². The van der Waals surface area contributed by atoms with Gasteiger partial charge >= 0.3 is 0 Å². The van der Waals surface area contributed by atoms with Crippen LogP contribution in [0.25, 0.3) is 22.2 Å². The molecular formula is C19H13FN4O2. The first-order chi connectivity index (χ1) is 12.6. The van der Waals surface area contributed by atoms with E-state index in [1.54, 1.807) is 30.3 Å². The van der Waals surface area contributed by atoms with Crippen molar-refractivity contribution in [3.05, 3.63) is 82.4 Å². The zero-order valence-corrected chi connectivity index (χ0v) is 13.4. The summed E-state index contributed by atoms with van der Waals surface area (Å²) in [5.41, 5.74) is 1.95. The maximum atomic E-state index is 13.2. The molecule has 0 radical (unpaired) electrons. The zero-order chi connectivity index (χ0) is 18.1. The Morgan fingerprint density at radius 2 is 1.77 bits per heavy atom. The van der Waals surface area contributed by atoms with Crippen LogP contribution < -0.4 is 10.9 Å². The minimum Gasteiger partial charge on any atom is -0.307 e. The quantitative estimate of drug-likeness (QED) is 0.530. The lowest BCUT2D eigenvalue weighted by atomic mass is 10.0. The van der Waals surface area contributed by atoms with E-state index in [-0.39, 0.29) is 23.1 Å². The average molecular weight is 348 g/mol. The summed E-state index contributed by atoms with van der Waals surface area (Å²) in [6.07, 6.45) is 0. The fourth-order valence-electron chi connectivity index (χ4n) is 2.72. The number of halogens is 1. The molecule has 0 unspecified atom stereocenters. The van der Waals surface area contributed by atoms with Crippen molar-refractivity contribution in [1.29, 1.82) is 0 Å². The van der Waals surface area contributed by atoms with Crippen molar-refractivity contribution in [2.75, 3.05) is 5.32 Å². The van der Waals surface area contributed by atoms with E-state index in [2.05, 4.69) is 20.5 Å². The number of aromatic nitrogens is 3. The Kier molecular flexibility index (Phi) is 3.81.